The molecule has 1 aromatic heterocycles. The smallest absolute Gasteiger partial charge is 0.208 e. The fourth-order valence-electron chi connectivity index (χ4n) is 1.94. The molecule has 0 saturated carbocycles. The van der Waals surface area contributed by atoms with Crippen LogP contribution in [0.15, 0.2) is 59.8 Å². The van der Waals surface area contributed by atoms with Gasteiger partial charge in [0.15, 0.2) is 0 Å². The molecule has 21 heavy (non-hydrogen) atoms. The van der Waals surface area contributed by atoms with E-state index >= 15 is 0 Å². The van der Waals surface area contributed by atoms with Crippen LogP contribution >= 0.6 is 23.4 Å². The summed E-state index contributed by atoms with van der Waals surface area (Å²) in [6.45, 7) is 0. The van der Waals surface area contributed by atoms with Gasteiger partial charge < -0.3 is 0 Å². The molecule has 0 bridgehead atoms. The van der Waals surface area contributed by atoms with Crippen LogP contribution < -0.4 is 0 Å². The van der Waals surface area contributed by atoms with E-state index in [0.29, 0.717) is 0 Å². The normalized spacial score (nSPS) is 10.7. The largest absolute Gasteiger partial charge is 0.262 e. The minimum Gasteiger partial charge on any atom is -0.262 e. The SMILES string of the molecule is Clc1ccc(CSc2n[nH]c(Cc3ccccc3)n2)cc1. The summed E-state index contributed by atoms with van der Waals surface area (Å²) in [5.41, 5.74) is 2.43. The third-order valence-electron chi connectivity index (χ3n) is 3.01. The standard InChI is InChI=1S/C16H14ClN3S/c17-14-8-6-13(7-9-14)11-21-16-18-15(19-20-16)10-12-4-2-1-3-5-12/h1-9H,10-11H2,(H,18,19,20). The number of aromatic nitrogens is 3. The molecular weight excluding hydrogens is 302 g/mol. The summed E-state index contributed by atoms with van der Waals surface area (Å²) in [6.07, 6.45) is 0.773. The van der Waals surface area contributed by atoms with Crippen molar-refractivity contribution >= 4 is 23.4 Å². The van der Waals surface area contributed by atoms with Gasteiger partial charge in [-0.3, -0.25) is 5.10 Å². The predicted molar refractivity (Wildman–Crippen MR) is 86.6 cm³/mol. The predicted octanol–water partition coefficient (Wildman–Crippen LogP) is 4.34. The first-order chi connectivity index (χ1) is 10.3. The highest BCUT2D eigenvalue weighted by atomic mass is 35.5. The molecule has 5 heteroatoms. The van der Waals surface area contributed by atoms with Crippen molar-refractivity contribution in [1.29, 1.82) is 0 Å². The van der Waals surface area contributed by atoms with Gasteiger partial charge in [-0.15, -0.1) is 5.10 Å². The lowest BCUT2D eigenvalue weighted by Crippen LogP contribution is -1.90. The molecule has 106 valence electrons. The van der Waals surface area contributed by atoms with Crippen molar-refractivity contribution in [1.82, 2.24) is 15.2 Å². The van der Waals surface area contributed by atoms with Gasteiger partial charge in [0.25, 0.3) is 0 Å². The van der Waals surface area contributed by atoms with E-state index in [1.54, 1.807) is 11.8 Å². The highest BCUT2D eigenvalue weighted by Crippen LogP contribution is 2.20. The third-order valence-corrected chi connectivity index (χ3v) is 4.18. The number of aromatic amines is 1. The topological polar surface area (TPSA) is 41.6 Å². The van der Waals surface area contributed by atoms with E-state index in [1.807, 2.05) is 42.5 Å². The molecule has 0 radical (unpaired) electrons. The van der Waals surface area contributed by atoms with Gasteiger partial charge in [0, 0.05) is 17.2 Å². The zero-order valence-corrected chi connectivity index (χ0v) is 12.9. The lowest BCUT2D eigenvalue weighted by molar-refractivity contribution is 0.956. The van der Waals surface area contributed by atoms with Gasteiger partial charge in [-0.1, -0.05) is 65.8 Å². The molecule has 0 saturated heterocycles. The first-order valence-corrected chi connectivity index (χ1v) is 7.98. The Hall–Kier alpha value is -1.78. The molecule has 0 aliphatic rings. The van der Waals surface area contributed by atoms with Crippen molar-refractivity contribution in [3.8, 4) is 0 Å². The Kier molecular flexibility index (Phi) is 4.58. The maximum atomic E-state index is 5.87. The summed E-state index contributed by atoms with van der Waals surface area (Å²) in [6, 6.07) is 18.1. The van der Waals surface area contributed by atoms with Crippen LogP contribution in [0.25, 0.3) is 0 Å². The third kappa shape index (κ3) is 4.09. The van der Waals surface area contributed by atoms with Crippen molar-refractivity contribution in [2.24, 2.45) is 0 Å². The molecular formula is C16H14ClN3S. The molecule has 0 fully saturated rings. The van der Waals surface area contributed by atoms with Gasteiger partial charge in [0.2, 0.25) is 5.16 Å². The average Bonchev–Trinajstić information content (AvgIpc) is 2.95. The second kappa shape index (κ2) is 6.78. The highest BCUT2D eigenvalue weighted by Gasteiger charge is 2.05. The molecule has 3 nitrogen and oxygen atoms in total. The van der Waals surface area contributed by atoms with Gasteiger partial charge in [0.05, 0.1) is 0 Å². The Bertz CT molecular complexity index is 695. The maximum Gasteiger partial charge on any atom is 0.208 e. The molecule has 1 N–H and O–H groups in total. The number of halogens is 1. The minimum absolute atomic E-state index is 0.756. The van der Waals surface area contributed by atoms with Gasteiger partial charge in [-0.2, -0.15) is 0 Å². The van der Waals surface area contributed by atoms with E-state index in [2.05, 4.69) is 27.3 Å². The van der Waals surface area contributed by atoms with Crippen molar-refractivity contribution in [3.05, 3.63) is 76.6 Å². The summed E-state index contributed by atoms with van der Waals surface area (Å²) >= 11 is 7.49. The summed E-state index contributed by atoms with van der Waals surface area (Å²) in [5.74, 6) is 1.72. The minimum atomic E-state index is 0.756. The van der Waals surface area contributed by atoms with E-state index in [-0.39, 0.29) is 0 Å². The number of hydrogen-bond donors (Lipinski definition) is 1. The van der Waals surface area contributed by atoms with E-state index in [9.17, 15) is 0 Å². The molecule has 0 aliphatic heterocycles. The Morgan fingerprint density at radius 2 is 1.71 bits per heavy atom. The Labute approximate surface area is 132 Å². The molecule has 0 atom stereocenters. The molecule has 1 heterocycles. The summed E-state index contributed by atoms with van der Waals surface area (Å²) in [5, 5.41) is 8.77. The zero-order valence-electron chi connectivity index (χ0n) is 11.3. The van der Waals surface area contributed by atoms with Gasteiger partial charge in [0.1, 0.15) is 5.82 Å². The number of H-pyrrole nitrogens is 1. The second-order valence-electron chi connectivity index (χ2n) is 4.64. The first-order valence-electron chi connectivity index (χ1n) is 6.62. The fraction of sp³-hybridized carbons (Fsp3) is 0.125. The molecule has 3 rings (SSSR count). The molecule has 0 amide bonds. The van der Waals surface area contributed by atoms with Crippen LogP contribution in [0.1, 0.15) is 17.0 Å². The van der Waals surface area contributed by atoms with Crippen molar-refractivity contribution in [2.45, 2.75) is 17.3 Å². The molecule has 0 spiro atoms. The van der Waals surface area contributed by atoms with E-state index in [0.717, 1.165) is 28.2 Å². The van der Waals surface area contributed by atoms with Crippen LogP contribution in [-0.2, 0) is 12.2 Å². The monoisotopic (exact) mass is 315 g/mol. The van der Waals surface area contributed by atoms with Crippen LogP contribution in [0, 0.1) is 0 Å². The maximum absolute atomic E-state index is 5.87. The van der Waals surface area contributed by atoms with Gasteiger partial charge >= 0.3 is 0 Å². The van der Waals surface area contributed by atoms with Crippen molar-refractivity contribution in [3.63, 3.8) is 0 Å². The summed E-state index contributed by atoms with van der Waals surface area (Å²) in [7, 11) is 0. The van der Waals surface area contributed by atoms with E-state index in [4.69, 9.17) is 11.6 Å². The molecule has 3 aromatic rings. The lowest BCUT2D eigenvalue weighted by Gasteiger charge is -1.98. The average molecular weight is 316 g/mol. The highest BCUT2D eigenvalue weighted by molar-refractivity contribution is 7.98. The Morgan fingerprint density at radius 3 is 2.48 bits per heavy atom. The van der Waals surface area contributed by atoms with Gasteiger partial charge in [-0.05, 0) is 23.3 Å². The lowest BCUT2D eigenvalue weighted by atomic mass is 10.1. The van der Waals surface area contributed by atoms with Gasteiger partial charge in [-0.25, -0.2) is 4.98 Å². The van der Waals surface area contributed by atoms with E-state index < -0.39 is 0 Å². The zero-order chi connectivity index (χ0) is 14.5. The van der Waals surface area contributed by atoms with Crippen molar-refractivity contribution < 1.29 is 0 Å². The summed E-state index contributed by atoms with van der Waals surface area (Å²) < 4.78 is 0. The number of hydrogen-bond acceptors (Lipinski definition) is 3. The fourth-order valence-corrected chi connectivity index (χ4v) is 2.84. The van der Waals surface area contributed by atoms with Crippen LogP contribution in [0.5, 0.6) is 0 Å². The quantitative estimate of drug-likeness (QED) is 0.712. The van der Waals surface area contributed by atoms with Crippen molar-refractivity contribution in [2.75, 3.05) is 0 Å². The number of thioether (sulfide) groups is 1. The number of benzene rings is 2. The number of nitrogens with one attached hydrogen (secondary N) is 1. The number of rotatable bonds is 5. The molecule has 0 aliphatic carbocycles. The molecule has 0 unspecified atom stereocenters. The number of nitrogens with zero attached hydrogens (tertiary/aromatic N) is 2. The molecule has 2 aromatic carbocycles. The second-order valence-corrected chi connectivity index (χ2v) is 6.02. The van der Waals surface area contributed by atoms with E-state index in [1.165, 1.54) is 11.1 Å². The Morgan fingerprint density at radius 1 is 0.952 bits per heavy atom. The first kappa shape index (κ1) is 14.2. The van der Waals surface area contributed by atoms with Crippen LogP contribution in [0.3, 0.4) is 0 Å². The Balaban J connectivity index is 1.59. The summed E-state index contributed by atoms with van der Waals surface area (Å²) in [4.78, 5) is 4.51. The van der Waals surface area contributed by atoms with Crippen LogP contribution in [-0.4, -0.2) is 15.2 Å². The van der Waals surface area contributed by atoms with Crippen LogP contribution in [0.4, 0.5) is 0 Å². The van der Waals surface area contributed by atoms with Crippen LogP contribution in [0.2, 0.25) is 5.02 Å².